The molecule has 0 aliphatic rings. The van der Waals surface area contributed by atoms with Crippen LogP contribution in [-0.4, -0.2) is 26.8 Å². The lowest BCUT2D eigenvalue weighted by Crippen LogP contribution is -2.11. The second kappa shape index (κ2) is 5.21. The highest BCUT2D eigenvalue weighted by atomic mass is 79.9. The van der Waals surface area contributed by atoms with Crippen LogP contribution in [0.2, 0.25) is 0 Å². The highest BCUT2D eigenvalue weighted by molar-refractivity contribution is 9.11. The maximum absolute atomic E-state index is 9.44. The molecule has 0 amide bonds. The van der Waals surface area contributed by atoms with E-state index in [0.717, 1.165) is 8.95 Å². The molecule has 8 heteroatoms. The number of aliphatic hydroxyl groups excluding tert-OH is 1. The number of nitrogens with two attached hydrogens (primary N) is 1. The number of hydrogen-bond acceptors (Lipinski definition) is 6. The smallest absolute Gasteiger partial charge is 0.257 e. The molecule has 2 aromatic heterocycles. The van der Waals surface area contributed by atoms with Crippen LogP contribution in [0, 0.1) is 0 Å². The van der Waals surface area contributed by atoms with E-state index in [0.29, 0.717) is 11.5 Å². The van der Waals surface area contributed by atoms with Crippen molar-refractivity contribution in [2.24, 2.45) is 5.73 Å². The summed E-state index contributed by atoms with van der Waals surface area (Å²) in [6.07, 6.45) is 0.667. The van der Waals surface area contributed by atoms with Crippen LogP contribution < -0.4 is 5.73 Å². The molecule has 0 saturated carbocycles. The fraction of sp³-hybridized carbons (Fsp3) is 0.222. The predicted octanol–water partition coefficient (Wildman–Crippen LogP) is 1.65. The van der Waals surface area contributed by atoms with E-state index < -0.39 is 6.10 Å². The van der Waals surface area contributed by atoms with Crippen LogP contribution in [0.15, 0.2) is 25.7 Å². The second-order valence-electron chi connectivity index (χ2n) is 3.19. The molecule has 0 aliphatic carbocycles. The Balaban J connectivity index is 2.37. The third-order valence-electron chi connectivity index (χ3n) is 1.97. The Morgan fingerprint density at radius 1 is 1.47 bits per heavy atom. The molecule has 2 heterocycles. The molecule has 1 atom stereocenters. The Hall–Kier alpha value is -0.830. The minimum absolute atomic E-state index is 0.0244. The highest BCUT2D eigenvalue weighted by Crippen LogP contribution is 2.27. The van der Waals surface area contributed by atoms with Gasteiger partial charge in [0.1, 0.15) is 11.8 Å². The average molecular weight is 364 g/mol. The van der Waals surface area contributed by atoms with Crippen molar-refractivity contribution in [1.29, 1.82) is 0 Å². The Bertz CT molecular complexity index is 531. The van der Waals surface area contributed by atoms with Gasteiger partial charge in [0.2, 0.25) is 5.82 Å². The minimum Gasteiger partial charge on any atom is -0.382 e. The summed E-state index contributed by atoms with van der Waals surface area (Å²) in [6.45, 7) is 0.0244. The van der Waals surface area contributed by atoms with Crippen LogP contribution in [0.1, 0.15) is 12.0 Å². The summed E-state index contributed by atoms with van der Waals surface area (Å²) in [5.41, 5.74) is 5.83. The lowest BCUT2D eigenvalue weighted by Gasteiger charge is -1.99. The van der Waals surface area contributed by atoms with Gasteiger partial charge in [-0.2, -0.15) is 4.98 Å². The van der Waals surface area contributed by atoms with Crippen molar-refractivity contribution in [2.45, 2.75) is 6.10 Å². The molecule has 0 aromatic carbocycles. The van der Waals surface area contributed by atoms with E-state index in [-0.39, 0.29) is 12.4 Å². The molecule has 0 fully saturated rings. The highest BCUT2D eigenvalue weighted by Gasteiger charge is 2.17. The maximum atomic E-state index is 9.44. The van der Waals surface area contributed by atoms with Crippen LogP contribution in [-0.2, 0) is 0 Å². The SMILES string of the molecule is NCC(O)c1nc(-c2ncc(Br)cc2Br)no1. The summed E-state index contributed by atoms with van der Waals surface area (Å²) >= 11 is 6.64. The molecule has 0 spiro atoms. The van der Waals surface area contributed by atoms with Crippen LogP contribution in [0.5, 0.6) is 0 Å². The first-order valence-corrected chi connectivity index (χ1v) is 6.23. The van der Waals surface area contributed by atoms with Gasteiger partial charge in [0.25, 0.3) is 5.89 Å². The quantitative estimate of drug-likeness (QED) is 0.860. The number of hydrogen-bond donors (Lipinski definition) is 2. The molecule has 6 nitrogen and oxygen atoms in total. The molecule has 0 aliphatic heterocycles. The fourth-order valence-corrected chi connectivity index (χ4v) is 2.31. The summed E-state index contributed by atoms with van der Waals surface area (Å²) in [5.74, 6) is 0.381. The van der Waals surface area contributed by atoms with Crippen molar-refractivity contribution in [3.8, 4) is 11.5 Å². The zero-order valence-electron chi connectivity index (χ0n) is 8.47. The molecule has 17 heavy (non-hydrogen) atoms. The molecular formula is C9H8Br2N4O2. The molecule has 0 saturated heterocycles. The Morgan fingerprint density at radius 2 is 2.24 bits per heavy atom. The number of aliphatic hydroxyl groups is 1. The normalized spacial score (nSPS) is 12.7. The van der Waals surface area contributed by atoms with Gasteiger partial charge in [0, 0.05) is 21.7 Å². The van der Waals surface area contributed by atoms with Gasteiger partial charge in [0.15, 0.2) is 0 Å². The molecule has 2 aromatic rings. The standard InChI is InChI=1S/C9H8Br2N4O2/c10-4-1-5(11)7(13-3-4)8-14-9(17-15-8)6(16)2-12/h1,3,6,16H,2,12H2. The van der Waals surface area contributed by atoms with Gasteiger partial charge >= 0.3 is 0 Å². The van der Waals surface area contributed by atoms with Gasteiger partial charge in [-0.25, -0.2) is 0 Å². The topological polar surface area (TPSA) is 98.1 Å². The second-order valence-corrected chi connectivity index (χ2v) is 4.96. The lowest BCUT2D eigenvalue weighted by atomic mass is 10.3. The van der Waals surface area contributed by atoms with Gasteiger partial charge in [0.05, 0.1) is 0 Å². The molecule has 2 rings (SSSR count). The molecule has 3 N–H and O–H groups in total. The lowest BCUT2D eigenvalue weighted by molar-refractivity contribution is 0.141. The van der Waals surface area contributed by atoms with E-state index in [1.165, 1.54) is 0 Å². The van der Waals surface area contributed by atoms with Crippen molar-refractivity contribution < 1.29 is 9.63 Å². The van der Waals surface area contributed by atoms with Crippen LogP contribution in [0.4, 0.5) is 0 Å². The van der Waals surface area contributed by atoms with E-state index >= 15 is 0 Å². The van der Waals surface area contributed by atoms with E-state index in [1.54, 1.807) is 6.20 Å². The van der Waals surface area contributed by atoms with Crippen molar-refractivity contribution in [3.05, 3.63) is 27.1 Å². The van der Waals surface area contributed by atoms with E-state index in [9.17, 15) is 5.11 Å². The van der Waals surface area contributed by atoms with Gasteiger partial charge in [-0.1, -0.05) is 5.16 Å². The summed E-state index contributed by atoms with van der Waals surface area (Å²) in [4.78, 5) is 8.18. The van der Waals surface area contributed by atoms with Crippen molar-refractivity contribution in [1.82, 2.24) is 15.1 Å². The molecule has 0 bridgehead atoms. The fourth-order valence-electron chi connectivity index (χ4n) is 1.15. The van der Waals surface area contributed by atoms with Crippen LogP contribution >= 0.6 is 31.9 Å². The zero-order valence-corrected chi connectivity index (χ0v) is 11.6. The average Bonchev–Trinajstić information content (AvgIpc) is 2.77. The number of nitrogens with zero attached hydrogens (tertiary/aromatic N) is 3. The maximum Gasteiger partial charge on any atom is 0.257 e. The monoisotopic (exact) mass is 362 g/mol. The summed E-state index contributed by atoms with van der Waals surface area (Å²) < 4.78 is 6.45. The third-order valence-corrected chi connectivity index (χ3v) is 3.01. The van der Waals surface area contributed by atoms with Crippen LogP contribution in [0.3, 0.4) is 0 Å². The minimum atomic E-state index is -0.953. The third kappa shape index (κ3) is 2.71. The predicted molar refractivity (Wildman–Crippen MR) is 66.9 cm³/mol. The van der Waals surface area contributed by atoms with Crippen molar-refractivity contribution in [3.63, 3.8) is 0 Å². The first-order chi connectivity index (χ1) is 8.11. The summed E-state index contributed by atoms with van der Waals surface area (Å²) in [6, 6.07) is 1.82. The number of pyridine rings is 1. The Labute approximate surface area is 113 Å². The molecule has 0 radical (unpaired) electrons. The largest absolute Gasteiger partial charge is 0.382 e. The van der Waals surface area contributed by atoms with Crippen LogP contribution in [0.25, 0.3) is 11.5 Å². The van der Waals surface area contributed by atoms with E-state index in [1.807, 2.05) is 6.07 Å². The summed E-state index contributed by atoms with van der Waals surface area (Å²) in [7, 11) is 0. The molecular weight excluding hydrogens is 356 g/mol. The van der Waals surface area contributed by atoms with Gasteiger partial charge in [-0.15, -0.1) is 0 Å². The van der Waals surface area contributed by atoms with E-state index in [4.69, 9.17) is 10.3 Å². The van der Waals surface area contributed by atoms with E-state index in [2.05, 4.69) is 47.0 Å². The van der Waals surface area contributed by atoms with Crippen molar-refractivity contribution in [2.75, 3.05) is 6.54 Å². The molecule has 1 unspecified atom stereocenters. The Morgan fingerprint density at radius 3 is 2.88 bits per heavy atom. The first-order valence-electron chi connectivity index (χ1n) is 4.65. The summed E-state index contributed by atoms with van der Waals surface area (Å²) in [5, 5.41) is 13.2. The zero-order chi connectivity index (χ0) is 12.4. The molecule has 90 valence electrons. The number of halogens is 2. The first kappa shape index (κ1) is 12.6. The Kier molecular flexibility index (Phi) is 3.87. The number of rotatable bonds is 3. The number of aromatic nitrogens is 3. The van der Waals surface area contributed by atoms with Gasteiger partial charge in [-0.05, 0) is 37.9 Å². The van der Waals surface area contributed by atoms with Gasteiger partial charge < -0.3 is 15.4 Å². The van der Waals surface area contributed by atoms with Gasteiger partial charge in [-0.3, -0.25) is 4.98 Å². The van der Waals surface area contributed by atoms with Crippen molar-refractivity contribution >= 4 is 31.9 Å².